The van der Waals surface area contributed by atoms with E-state index in [-0.39, 0.29) is 28.7 Å². The Labute approximate surface area is 174 Å². The highest BCUT2D eigenvalue weighted by atomic mass is 32.2. The van der Waals surface area contributed by atoms with E-state index in [0.29, 0.717) is 11.5 Å². The van der Waals surface area contributed by atoms with Crippen LogP contribution >= 0.6 is 0 Å². The van der Waals surface area contributed by atoms with Crippen LogP contribution in [0, 0.1) is 6.92 Å². The van der Waals surface area contributed by atoms with Gasteiger partial charge in [0.2, 0.25) is 6.79 Å². The number of rotatable bonds is 6. The summed E-state index contributed by atoms with van der Waals surface area (Å²) in [5.41, 5.74) is 2.20. The number of anilines is 1. The third-order valence-electron chi connectivity index (χ3n) is 4.59. The number of ketones is 1. The van der Waals surface area contributed by atoms with Crippen LogP contribution in [0.2, 0.25) is 0 Å². The molecule has 6 nitrogen and oxygen atoms in total. The molecule has 0 aliphatic carbocycles. The van der Waals surface area contributed by atoms with Crippen molar-refractivity contribution in [2.24, 2.45) is 0 Å². The van der Waals surface area contributed by atoms with Gasteiger partial charge in [0.05, 0.1) is 10.6 Å². The van der Waals surface area contributed by atoms with E-state index in [4.69, 9.17) is 9.47 Å². The van der Waals surface area contributed by atoms with Crippen LogP contribution < -0.4 is 14.2 Å². The predicted molar refractivity (Wildman–Crippen MR) is 114 cm³/mol. The summed E-state index contributed by atoms with van der Waals surface area (Å²) in [4.78, 5) is 12.9. The summed E-state index contributed by atoms with van der Waals surface area (Å²) in [6, 6.07) is 18.4. The summed E-state index contributed by atoms with van der Waals surface area (Å²) >= 11 is 0. The molecule has 1 N–H and O–H groups in total. The number of ether oxygens (including phenoxy) is 2. The van der Waals surface area contributed by atoms with E-state index in [1.807, 2.05) is 13.0 Å². The van der Waals surface area contributed by atoms with Crippen molar-refractivity contribution in [2.75, 3.05) is 11.5 Å². The second-order valence-electron chi connectivity index (χ2n) is 6.77. The first kappa shape index (κ1) is 19.7. The van der Waals surface area contributed by atoms with Crippen molar-refractivity contribution in [1.29, 1.82) is 0 Å². The number of hydrogen-bond donors (Lipinski definition) is 1. The first-order valence-corrected chi connectivity index (χ1v) is 10.7. The lowest BCUT2D eigenvalue weighted by Crippen LogP contribution is -2.15. The number of sulfonamides is 1. The molecule has 0 amide bonds. The Morgan fingerprint density at radius 3 is 2.50 bits per heavy atom. The number of para-hydroxylation sites is 1. The molecule has 0 saturated carbocycles. The van der Waals surface area contributed by atoms with Gasteiger partial charge >= 0.3 is 0 Å². The van der Waals surface area contributed by atoms with Crippen LogP contribution in [0.25, 0.3) is 6.08 Å². The monoisotopic (exact) mass is 421 g/mol. The van der Waals surface area contributed by atoms with E-state index in [1.54, 1.807) is 54.6 Å². The molecule has 0 aromatic heterocycles. The summed E-state index contributed by atoms with van der Waals surface area (Å²) in [5.74, 6) is 0.958. The van der Waals surface area contributed by atoms with Crippen LogP contribution in [0.4, 0.5) is 5.69 Å². The fourth-order valence-corrected chi connectivity index (χ4v) is 4.07. The summed E-state index contributed by atoms with van der Waals surface area (Å²) in [6.45, 7) is 2.06. The average molecular weight is 421 g/mol. The largest absolute Gasteiger partial charge is 0.454 e. The van der Waals surface area contributed by atoms with Gasteiger partial charge in [-0.15, -0.1) is 0 Å². The second kappa shape index (κ2) is 8.04. The third-order valence-corrected chi connectivity index (χ3v) is 5.97. The maximum atomic E-state index is 12.8. The van der Waals surface area contributed by atoms with Gasteiger partial charge in [0.25, 0.3) is 10.0 Å². The second-order valence-corrected chi connectivity index (χ2v) is 8.46. The molecule has 4 rings (SSSR count). The molecule has 152 valence electrons. The molecule has 3 aromatic carbocycles. The number of allylic oxidation sites excluding steroid dienone is 1. The Hall–Kier alpha value is -3.58. The highest BCUT2D eigenvalue weighted by molar-refractivity contribution is 7.92. The number of hydrogen-bond acceptors (Lipinski definition) is 5. The van der Waals surface area contributed by atoms with Crippen LogP contribution in [-0.4, -0.2) is 21.0 Å². The number of aryl methyl sites for hydroxylation is 1. The Kier molecular flexibility index (Phi) is 5.29. The van der Waals surface area contributed by atoms with Crippen LogP contribution in [0.5, 0.6) is 11.5 Å². The maximum absolute atomic E-state index is 12.8. The van der Waals surface area contributed by atoms with E-state index in [1.165, 1.54) is 18.2 Å². The van der Waals surface area contributed by atoms with Crippen molar-refractivity contribution in [3.63, 3.8) is 0 Å². The smallest absolute Gasteiger partial charge is 0.261 e. The first-order valence-electron chi connectivity index (χ1n) is 9.23. The highest BCUT2D eigenvalue weighted by Crippen LogP contribution is 2.33. The quantitative estimate of drug-likeness (QED) is 0.471. The zero-order valence-corrected chi connectivity index (χ0v) is 17.0. The van der Waals surface area contributed by atoms with Gasteiger partial charge in [-0.25, -0.2) is 8.42 Å². The molecular formula is C23H19NO5S. The molecule has 1 heterocycles. The van der Waals surface area contributed by atoms with Crippen molar-refractivity contribution < 1.29 is 22.7 Å². The lowest BCUT2D eigenvalue weighted by Gasteiger charge is -2.11. The van der Waals surface area contributed by atoms with Crippen LogP contribution in [0.1, 0.15) is 21.5 Å². The SMILES string of the molecule is Cc1ccc(S(=O)(=O)Nc2ccccc2C(=O)C=Cc2ccc3c(c2)OCO3)cc1. The van der Waals surface area contributed by atoms with Crippen molar-refractivity contribution >= 4 is 27.6 Å². The van der Waals surface area contributed by atoms with Gasteiger partial charge in [-0.1, -0.05) is 42.0 Å². The molecule has 0 spiro atoms. The van der Waals surface area contributed by atoms with E-state index >= 15 is 0 Å². The Bertz CT molecular complexity index is 1230. The molecule has 7 heteroatoms. The summed E-state index contributed by atoms with van der Waals surface area (Å²) in [5, 5.41) is 0. The van der Waals surface area contributed by atoms with Gasteiger partial charge in [0.15, 0.2) is 17.3 Å². The van der Waals surface area contributed by atoms with Gasteiger partial charge in [0, 0.05) is 5.56 Å². The minimum atomic E-state index is -3.82. The molecule has 0 fully saturated rings. The normalized spacial score (nSPS) is 12.8. The number of benzene rings is 3. The molecule has 0 saturated heterocycles. The van der Waals surface area contributed by atoms with Gasteiger partial charge < -0.3 is 9.47 Å². The van der Waals surface area contributed by atoms with Crippen LogP contribution in [0.15, 0.2) is 77.7 Å². The molecule has 0 bridgehead atoms. The van der Waals surface area contributed by atoms with Crippen LogP contribution in [-0.2, 0) is 10.0 Å². The van der Waals surface area contributed by atoms with Crippen molar-refractivity contribution in [2.45, 2.75) is 11.8 Å². The first-order chi connectivity index (χ1) is 14.4. The van der Waals surface area contributed by atoms with Crippen molar-refractivity contribution in [3.05, 3.63) is 89.5 Å². The van der Waals surface area contributed by atoms with Gasteiger partial charge in [0.1, 0.15) is 0 Å². The lowest BCUT2D eigenvalue weighted by atomic mass is 10.1. The molecule has 30 heavy (non-hydrogen) atoms. The fourth-order valence-electron chi connectivity index (χ4n) is 2.99. The van der Waals surface area contributed by atoms with E-state index in [9.17, 15) is 13.2 Å². The summed E-state index contributed by atoms with van der Waals surface area (Å²) in [6.07, 6.45) is 3.05. The number of fused-ring (bicyclic) bond motifs is 1. The summed E-state index contributed by atoms with van der Waals surface area (Å²) in [7, 11) is -3.82. The van der Waals surface area contributed by atoms with Crippen LogP contribution in [0.3, 0.4) is 0 Å². The summed E-state index contributed by atoms with van der Waals surface area (Å²) < 4.78 is 38.5. The Morgan fingerprint density at radius 2 is 1.70 bits per heavy atom. The van der Waals surface area contributed by atoms with Crippen molar-refractivity contribution in [3.8, 4) is 11.5 Å². The molecular weight excluding hydrogens is 402 g/mol. The highest BCUT2D eigenvalue weighted by Gasteiger charge is 2.18. The number of carbonyl (C=O) groups is 1. The molecule has 0 atom stereocenters. The molecule has 1 aliphatic rings. The average Bonchev–Trinajstić information content (AvgIpc) is 3.20. The van der Waals surface area contributed by atoms with Gasteiger partial charge in [-0.3, -0.25) is 9.52 Å². The third kappa shape index (κ3) is 4.21. The minimum absolute atomic E-state index is 0.131. The van der Waals surface area contributed by atoms with Crippen molar-refractivity contribution in [1.82, 2.24) is 0 Å². The topological polar surface area (TPSA) is 81.7 Å². The molecule has 1 aliphatic heterocycles. The predicted octanol–water partition coefficient (Wildman–Crippen LogP) is 4.42. The number of carbonyl (C=O) groups excluding carboxylic acids is 1. The number of nitrogens with one attached hydrogen (secondary N) is 1. The standard InChI is InChI=1S/C23H19NO5S/c1-16-6-10-18(11-7-16)30(26,27)24-20-5-3-2-4-19(20)21(25)12-8-17-9-13-22-23(14-17)29-15-28-22/h2-14,24H,15H2,1H3. The molecule has 3 aromatic rings. The van der Waals surface area contributed by atoms with E-state index < -0.39 is 10.0 Å². The lowest BCUT2D eigenvalue weighted by molar-refractivity contribution is 0.104. The maximum Gasteiger partial charge on any atom is 0.261 e. The Balaban J connectivity index is 1.56. The van der Waals surface area contributed by atoms with E-state index in [2.05, 4.69) is 4.72 Å². The van der Waals surface area contributed by atoms with E-state index in [0.717, 1.165) is 11.1 Å². The molecule has 0 unspecified atom stereocenters. The van der Waals surface area contributed by atoms with Gasteiger partial charge in [-0.2, -0.15) is 0 Å². The minimum Gasteiger partial charge on any atom is -0.454 e. The Morgan fingerprint density at radius 1 is 0.967 bits per heavy atom. The fraction of sp³-hybridized carbons (Fsp3) is 0.0870. The zero-order chi connectivity index (χ0) is 21.1. The zero-order valence-electron chi connectivity index (χ0n) is 16.2. The molecule has 0 radical (unpaired) electrons. The van der Waals surface area contributed by atoms with Gasteiger partial charge in [-0.05, 0) is 55.0 Å².